The Bertz CT molecular complexity index is 898. The molecule has 166 valence electrons. The van der Waals surface area contributed by atoms with Crippen LogP contribution in [0.5, 0.6) is 0 Å². The normalized spacial score (nSPS) is 26.2. The van der Waals surface area contributed by atoms with Gasteiger partial charge in [-0.1, -0.05) is 12.1 Å². The van der Waals surface area contributed by atoms with Gasteiger partial charge in [-0.15, -0.1) is 0 Å². The molecule has 1 atom stereocenters. The van der Waals surface area contributed by atoms with Gasteiger partial charge in [0.1, 0.15) is 6.04 Å². The highest BCUT2D eigenvalue weighted by Gasteiger charge is 2.45. The van der Waals surface area contributed by atoms with E-state index in [0.717, 1.165) is 50.9 Å². The molecule has 1 unspecified atom stereocenters. The number of aliphatic hydroxyl groups is 1. The summed E-state index contributed by atoms with van der Waals surface area (Å²) in [6.07, 6.45) is 6.91. The molecule has 0 aromatic heterocycles. The van der Waals surface area contributed by atoms with Gasteiger partial charge in [-0.25, -0.2) is 0 Å². The maximum Gasteiger partial charge on any atom is 0.255 e. The third-order valence-corrected chi connectivity index (χ3v) is 7.85. The highest BCUT2D eigenvalue weighted by atomic mass is 16.3. The van der Waals surface area contributed by atoms with Gasteiger partial charge in [-0.3, -0.25) is 19.7 Å². The Kier molecular flexibility index (Phi) is 5.34. The second kappa shape index (κ2) is 8.02. The summed E-state index contributed by atoms with van der Waals surface area (Å²) in [5.41, 5.74) is 3.34. The summed E-state index contributed by atoms with van der Waals surface area (Å²) < 4.78 is 0. The molecule has 2 saturated heterocycles. The van der Waals surface area contributed by atoms with Crippen LogP contribution in [0.4, 0.5) is 0 Å². The second-order valence-electron chi connectivity index (χ2n) is 9.85. The van der Waals surface area contributed by atoms with Crippen LogP contribution >= 0.6 is 0 Å². The fraction of sp³-hybridized carbons (Fsp3) is 0.625. The van der Waals surface area contributed by atoms with E-state index in [0.29, 0.717) is 23.9 Å². The number of benzene rings is 1. The number of nitrogens with one attached hydrogen (secondary N) is 1. The molecule has 3 aliphatic heterocycles. The molecule has 4 aliphatic rings. The molecule has 7 nitrogen and oxygen atoms in total. The topological polar surface area (TPSA) is 90.0 Å². The summed E-state index contributed by atoms with van der Waals surface area (Å²) in [6, 6.07) is 5.33. The van der Waals surface area contributed by atoms with Crippen molar-refractivity contribution in [3.8, 4) is 0 Å². The highest BCUT2D eigenvalue weighted by molar-refractivity contribution is 6.05. The van der Waals surface area contributed by atoms with Crippen LogP contribution in [0.2, 0.25) is 0 Å². The summed E-state index contributed by atoms with van der Waals surface area (Å²) >= 11 is 0. The molecule has 1 aromatic carbocycles. The van der Waals surface area contributed by atoms with Gasteiger partial charge in [0.05, 0.1) is 6.10 Å². The molecule has 3 fully saturated rings. The minimum absolute atomic E-state index is 0.0748. The fourth-order valence-corrected chi connectivity index (χ4v) is 5.98. The number of amides is 3. The predicted molar refractivity (Wildman–Crippen MR) is 114 cm³/mol. The third-order valence-electron chi connectivity index (χ3n) is 7.85. The van der Waals surface area contributed by atoms with Crippen molar-refractivity contribution in [3.63, 3.8) is 0 Å². The van der Waals surface area contributed by atoms with Gasteiger partial charge < -0.3 is 14.9 Å². The number of aryl methyl sites for hydroxylation is 1. The SMILES string of the molecule is O=C1CCC(N2Cc3c(CCCN4CCC5(CC4)CC(O)C5)cccc3C2=O)C(=O)N1. The van der Waals surface area contributed by atoms with E-state index >= 15 is 0 Å². The van der Waals surface area contributed by atoms with Crippen molar-refractivity contribution in [2.75, 3.05) is 19.6 Å². The van der Waals surface area contributed by atoms with Gasteiger partial charge in [0, 0.05) is 18.5 Å². The average Bonchev–Trinajstić information content (AvgIpc) is 3.06. The van der Waals surface area contributed by atoms with Gasteiger partial charge in [-0.05, 0) is 87.2 Å². The van der Waals surface area contributed by atoms with E-state index in [2.05, 4.69) is 16.3 Å². The molecule has 0 bridgehead atoms. The summed E-state index contributed by atoms with van der Waals surface area (Å²) in [4.78, 5) is 40.8. The van der Waals surface area contributed by atoms with Crippen LogP contribution in [0, 0.1) is 5.41 Å². The molecule has 7 heteroatoms. The molecule has 1 aromatic rings. The van der Waals surface area contributed by atoms with E-state index in [9.17, 15) is 19.5 Å². The first-order chi connectivity index (χ1) is 14.9. The largest absolute Gasteiger partial charge is 0.393 e. The quantitative estimate of drug-likeness (QED) is 0.700. The maximum absolute atomic E-state index is 12.9. The Morgan fingerprint density at radius 2 is 1.90 bits per heavy atom. The zero-order valence-corrected chi connectivity index (χ0v) is 17.9. The van der Waals surface area contributed by atoms with Crippen LogP contribution in [0.1, 0.15) is 66.4 Å². The van der Waals surface area contributed by atoms with E-state index in [4.69, 9.17) is 0 Å². The average molecular weight is 426 g/mol. The number of rotatable bonds is 5. The van der Waals surface area contributed by atoms with Crippen LogP contribution in [0.15, 0.2) is 18.2 Å². The number of imide groups is 1. The van der Waals surface area contributed by atoms with Gasteiger partial charge in [0.2, 0.25) is 11.8 Å². The van der Waals surface area contributed by atoms with E-state index in [-0.39, 0.29) is 30.2 Å². The van der Waals surface area contributed by atoms with Crippen LogP contribution < -0.4 is 5.32 Å². The number of hydrogen-bond acceptors (Lipinski definition) is 5. The van der Waals surface area contributed by atoms with E-state index in [1.807, 2.05) is 12.1 Å². The maximum atomic E-state index is 12.9. The van der Waals surface area contributed by atoms with Crippen LogP contribution in [0.3, 0.4) is 0 Å². The minimum Gasteiger partial charge on any atom is -0.393 e. The Balaban J connectivity index is 1.17. The van der Waals surface area contributed by atoms with Crippen LogP contribution in [0.25, 0.3) is 0 Å². The van der Waals surface area contributed by atoms with Crippen molar-refractivity contribution >= 4 is 17.7 Å². The number of hydrogen-bond donors (Lipinski definition) is 2. The smallest absolute Gasteiger partial charge is 0.255 e. The lowest BCUT2D eigenvalue weighted by Crippen LogP contribution is -2.52. The Morgan fingerprint density at radius 3 is 2.61 bits per heavy atom. The lowest BCUT2D eigenvalue weighted by Gasteiger charge is -2.50. The molecule has 0 radical (unpaired) electrons. The van der Waals surface area contributed by atoms with Crippen molar-refractivity contribution in [3.05, 3.63) is 34.9 Å². The zero-order valence-electron chi connectivity index (χ0n) is 17.9. The third kappa shape index (κ3) is 3.89. The molecule has 31 heavy (non-hydrogen) atoms. The molecule has 1 saturated carbocycles. The highest BCUT2D eigenvalue weighted by Crippen LogP contribution is 2.49. The lowest BCUT2D eigenvalue weighted by atomic mass is 9.61. The van der Waals surface area contributed by atoms with Gasteiger partial charge in [-0.2, -0.15) is 0 Å². The van der Waals surface area contributed by atoms with E-state index < -0.39 is 6.04 Å². The van der Waals surface area contributed by atoms with Crippen molar-refractivity contribution in [1.82, 2.24) is 15.1 Å². The number of nitrogens with zero attached hydrogens (tertiary/aromatic N) is 2. The molecule has 1 aliphatic carbocycles. The molecule has 2 N–H and O–H groups in total. The molecule has 5 rings (SSSR count). The molecule has 3 heterocycles. The van der Waals surface area contributed by atoms with Gasteiger partial charge in [0.15, 0.2) is 0 Å². The van der Waals surface area contributed by atoms with E-state index in [1.165, 1.54) is 18.4 Å². The number of likely N-dealkylation sites (tertiary alicyclic amines) is 1. The van der Waals surface area contributed by atoms with Crippen LogP contribution in [-0.4, -0.2) is 64.4 Å². The van der Waals surface area contributed by atoms with Crippen LogP contribution in [-0.2, 0) is 22.6 Å². The second-order valence-corrected chi connectivity index (χ2v) is 9.85. The van der Waals surface area contributed by atoms with Gasteiger partial charge in [0.25, 0.3) is 5.91 Å². The summed E-state index contributed by atoms with van der Waals surface area (Å²) in [5.74, 6) is -0.723. The first kappa shape index (κ1) is 20.6. The fourth-order valence-electron chi connectivity index (χ4n) is 5.98. The lowest BCUT2D eigenvalue weighted by molar-refractivity contribution is -0.136. The standard InChI is InChI=1S/C24H31N3O4/c28-17-13-24(14-17)8-11-26(12-9-24)10-2-4-16-3-1-5-18-19(16)15-27(23(18)31)20-6-7-21(29)25-22(20)30/h1,3,5,17,20,28H,2,4,6-15H2,(H,25,29,30). The molecular formula is C24H31N3O4. The molecular weight excluding hydrogens is 394 g/mol. The Morgan fingerprint density at radius 1 is 1.13 bits per heavy atom. The van der Waals surface area contributed by atoms with Crippen molar-refractivity contribution in [2.24, 2.45) is 5.41 Å². The summed E-state index contributed by atoms with van der Waals surface area (Å²) in [7, 11) is 0. The number of carbonyl (C=O) groups is 3. The van der Waals surface area contributed by atoms with Crippen molar-refractivity contribution in [2.45, 2.75) is 70.1 Å². The zero-order chi connectivity index (χ0) is 21.6. The minimum atomic E-state index is -0.559. The molecule has 1 spiro atoms. The first-order valence-corrected chi connectivity index (χ1v) is 11.6. The van der Waals surface area contributed by atoms with Crippen molar-refractivity contribution < 1.29 is 19.5 Å². The predicted octanol–water partition coefficient (Wildman–Crippen LogP) is 1.62. The first-order valence-electron chi connectivity index (χ1n) is 11.6. The van der Waals surface area contributed by atoms with Crippen molar-refractivity contribution in [1.29, 1.82) is 0 Å². The van der Waals surface area contributed by atoms with Gasteiger partial charge >= 0.3 is 0 Å². The number of aliphatic hydroxyl groups excluding tert-OH is 1. The summed E-state index contributed by atoms with van der Waals surface area (Å²) in [6.45, 7) is 3.72. The Labute approximate surface area is 182 Å². The summed E-state index contributed by atoms with van der Waals surface area (Å²) in [5, 5.41) is 12.0. The number of fused-ring (bicyclic) bond motifs is 1. The van der Waals surface area contributed by atoms with E-state index in [1.54, 1.807) is 4.90 Å². The number of carbonyl (C=O) groups excluding carboxylic acids is 3. The number of piperidine rings is 2. The monoisotopic (exact) mass is 425 g/mol. The molecule has 3 amide bonds. The Hall–Kier alpha value is -2.25.